The maximum absolute atomic E-state index is 9.88. The Morgan fingerprint density at radius 2 is 2.50 bits per heavy atom. The van der Waals surface area contributed by atoms with Crippen molar-refractivity contribution in [2.45, 2.75) is 0 Å². The molecule has 6 heteroatoms. The molecule has 0 saturated heterocycles. The van der Waals surface area contributed by atoms with Crippen molar-refractivity contribution in [1.82, 2.24) is 20.2 Å². The Labute approximate surface area is 43.7 Å². The molecule has 0 aromatic carbocycles. The van der Waals surface area contributed by atoms with E-state index in [9.17, 15) is 4.79 Å². The van der Waals surface area contributed by atoms with E-state index in [0.717, 1.165) is 6.33 Å². The highest BCUT2D eigenvalue weighted by Crippen LogP contribution is 1.71. The molecular weight excluding hydrogens is 112 g/mol. The third kappa shape index (κ3) is 0.625. The Morgan fingerprint density at radius 1 is 1.75 bits per heavy atom. The van der Waals surface area contributed by atoms with E-state index in [4.69, 9.17) is 5.11 Å². The van der Waals surface area contributed by atoms with E-state index in [0.29, 0.717) is 4.68 Å². The second-order valence-corrected chi connectivity index (χ2v) is 1.04. The number of hydrogen-bond donors (Lipinski definition) is 1. The van der Waals surface area contributed by atoms with E-state index >= 15 is 0 Å². The third-order valence-electron chi connectivity index (χ3n) is 0.545. The summed E-state index contributed by atoms with van der Waals surface area (Å²) < 4.78 is 0.611. The molecule has 0 radical (unpaired) electrons. The maximum atomic E-state index is 9.88. The summed E-state index contributed by atoms with van der Waals surface area (Å²) >= 11 is 0. The number of carboxylic acid groups (broad SMARTS) is 1. The van der Waals surface area contributed by atoms with E-state index in [1.54, 1.807) is 0 Å². The van der Waals surface area contributed by atoms with Crippen LogP contribution < -0.4 is 0 Å². The van der Waals surface area contributed by atoms with E-state index in [-0.39, 0.29) is 0 Å². The SMILES string of the molecule is O=C(O)n1cnnn1. The molecule has 0 amide bonds. The van der Waals surface area contributed by atoms with E-state index in [1.807, 2.05) is 0 Å². The summed E-state index contributed by atoms with van der Waals surface area (Å²) in [5.41, 5.74) is 0. The van der Waals surface area contributed by atoms with Gasteiger partial charge < -0.3 is 5.11 Å². The number of hydrogen-bond acceptors (Lipinski definition) is 4. The molecule has 1 aromatic rings. The van der Waals surface area contributed by atoms with Crippen LogP contribution in [0.25, 0.3) is 0 Å². The fraction of sp³-hybridized carbons (Fsp3) is 0. The predicted octanol–water partition coefficient (Wildman–Crippen LogP) is -0.801. The predicted molar refractivity (Wildman–Crippen MR) is 21.2 cm³/mol. The summed E-state index contributed by atoms with van der Waals surface area (Å²) in [6, 6.07) is 0. The topological polar surface area (TPSA) is 80.9 Å². The first kappa shape index (κ1) is 4.69. The average Bonchev–Trinajstić information content (AvgIpc) is 2.12. The minimum Gasteiger partial charge on any atom is -0.463 e. The highest BCUT2D eigenvalue weighted by atomic mass is 16.4. The molecule has 0 spiro atoms. The van der Waals surface area contributed by atoms with Crippen molar-refractivity contribution in [3.8, 4) is 0 Å². The van der Waals surface area contributed by atoms with E-state index in [1.165, 1.54) is 0 Å². The van der Waals surface area contributed by atoms with Crippen LogP contribution in [0, 0.1) is 0 Å². The molecule has 8 heavy (non-hydrogen) atoms. The second-order valence-electron chi connectivity index (χ2n) is 1.04. The van der Waals surface area contributed by atoms with Gasteiger partial charge in [0.15, 0.2) is 6.33 Å². The zero-order valence-electron chi connectivity index (χ0n) is 3.72. The van der Waals surface area contributed by atoms with Crippen LogP contribution in [0.3, 0.4) is 0 Å². The normalized spacial score (nSPS) is 9.00. The van der Waals surface area contributed by atoms with Crippen molar-refractivity contribution in [2.24, 2.45) is 0 Å². The maximum Gasteiger partial charge on any atom is 0.435 e. The Morgan fingerprint density at radius 3 is 2.75 bits per heavy atom. The molecule has 42 valence electrons. The van der Waals surface area contributed by atoms with Crippen LogP contribution >= 0.6 is 0 Å². The summed E-state index contributed by atoms with van der Waals surface area (Å²) in [5.74, 6) is 0. The molecule has 0 saturated carbocycles. The summed E-state index contributed by atoms with van der Waals surface area (Å²) in [7, 11) is 0. The highest BCUT2D eigenvalue weighted by Gasteiger charge is 1.97. The van der Waals surface area contributed by atoms with E-state index < -0.39 is 6.09 Å². The van der Waals surface area contributed by atoms with Crippen molar-refractivity contribution in [3.05, 3.63) is 6.33 Å². The Kier molecular flexibility index (Phi) is 0.918. The van der Waals surface area contributed by atoms with Gasteiger partial charge in [0.25, 0.3) is 0 Å². The lowest BCUT2D eigenvalue weighted by atomic mass is 11.1. The molecule has 0 aliphatic carbocycles. The second kappa shape index (κ2) is 1.57. The van der Waals surface area contributed by atoms with Crippen molar-refractivity contribution >= 4 is 6.09 Å². The van der Waals surface area contributed by atoms with Crippen molar-refractivity contribution in [3.63, 3.8) is 0 Å². The Hall–Kier alpha value is -1.46. The summed E-state index contributed by atoms with van der Waals surface area (Å²) in [4.78, 5) is 9.88. The van der Waals surface area contributed by atoms with Crippen LogP contribution in [0.5, 0.6) is 0 Å². The summed E-state index contributed by atoms with van der Waals surface area (Å²) in [6.07, 6.45) is -0.183. The fourth-order valence-corrected chi connectivity index (χ4v) is 0.249. The number of aromatic nitrogens is 4. The molecule has 0 aliphatic rings. The van der Waals surface area contributed by atoms with Crippen molar-refractivity contribution in [1.29, 1.82) is 0 Å². The van der Waals surface area contributed by atoms with Gasteiger partial charge in [0, 0.05) is 0 Å². The molecule has 1 rings (SSSR count). The Bertz CT molecular complexity index is 180. The first-order chi connectivity index (χ1) is 3.80. The number of tetrazole rings is 1. The van der Waals surface area contributed by atoms with Gasteiger partial charge in [0.05, 0.1) is 0 Å². The van der Waals surface area contributed by atoms with Crippen molar-refractivity contribution < 1.29 is 9.90 Å². The van der Waals surface area contributed by atoms with Crippen LogP contribution in [0.4, 0.5) is 4.79 Å². The summed E-state index contributed by atoms with van der Waals surface area (Å²) in [6.45, 7) is 0. The minimum absolute atomic E-state index is 0.611. The van der Waals surface area contributed by atoms with Gasteiger partial charge in [0.2, 0.25) is 0 Å². The minimum atomic E-state index is -1.19. The number of carbonyl (C=O) groups is 1. The average molecular weight is 114 g/mol. The number of rotatable bonds is 0. The zero-order chi connectivity index (χ0) is 5.98. The lowest BCUT2D eigenvalue weighted by Crippen LogP contribution is -2.07. The van der Waals surface area contributed by atoms with Crippen LogP contribution in [0.1, 0.15) is 0 Å². The fourth-order valence-electron chi connectivity index (χ4n) is 0.249. The third-order valence-corrected chi connectivity index (χ3v) is 0.545. The number of nitrogens with zero attached hydrogens (tertiary/aromatic N) is 4. The van der Waals surface area contributed by atoms with Crippen LogP contribution in [-0.4, -0.2) is 31.4 Å². The molecule has 6 nitrogen and oxygen atoms in total. The molecule has 0 unspecified atom stereocenters. The first-order valence-corrected chi connectivity index (χ1v) is 1.77. The largest absolute Gasteiger partial charge is 0.463 e. The smallest absolute Gasteiger partial charge is 0.435 e. The molecule has 0 bridgehead atoms. The molecule has 1 heterocycles. The first-order valence-electron chi connectivity index (χ1n) is 1.77. The standard InChI is InChI=1S/C2H2N4O2/c7-2(8)6-1-3-4-5-6/h1H,(H,7,8). The Balaban J connectivity index is 2.93. The molecule has 1 N–H and O–H groups in total. The summed E-state index contributed by atoms with van der Waals surface area (Å²) in [5, 5.41) is 17.4. The van der Waals surface area contributed by atoms with Crippen LogP contribution in [-0.2, 0) is 0 Å². The molecule has 0 fully saturated rings. The monoisotopic (exact) mass is 114 g/mol. The molecule has 0 aliphatic heterocycles. The van der Waals surface area contributed by atoms with Gasteiger partial charge in [-0.2, -0.15) is 0 Å². The molecule has 1 aromatic heterocycles. The highest BCUT2D eigenvalue weighted by molar-refractivity contribution is 5.65. The van der Waals surface area contributed by atoms with Crippen LogP contribution in [0.2, 0.25) is 0 Å². The lowest BCUT2D eigenvalue weighted by molar-refractivity contribution is 0.192. The van der Waals surface area contributed by atoms with Crippen molar-refractivity contribution in [2.75, 3.05) is 0 Å². The molecular formula is C2H2N4O2. The van der Waals surface area contributed by atoms with Gasteiger partial charge in [-0.25, -0.2) is 4.79 Å². The zero-order valence-corrected chi connectivity index (χ0v) is 3.72. The lowest BCUT2D eigenvalue weighted by Gasteiger charge is -1.81. The van der Waals surface area contributed by atoms with Gasteiger partial charge in [-0.15, -0.1) is 9.78 Å². The quantitative estimate of drug-likeness (QED) is 0.446. The van der Waals surface area contributed by atoms with Gasteiger partial charge in [-0.3, -0.25) is 0 Å². The van der Waals surface area contributed by atoms with Gasteiger partial charge >= 0.3 is 6.09 Å². The van der Waals surface area contributed by atoms with Crippen LogP contribution in [0.15, 0.2) is 6.33 Å². The van der Waals surface area contributed by atoms with Gasteiger partial charge in [-0.05, 0) is 10.4 Å². The molecule has 0 atom stereocenters. The van der Waals surface area contributed by atoms with Gasteiger partial charge in [-0.1, -0.05) is 0 Å². The van der Waals surface area contributed by atoms with E-state index in [2.05, 4.69) is 15.5 Å². The van der Waals surface area contributed by atoms with Gasteiger partial charge in [0.1, 0.15) is 0 Å².